The molecule has 0 spiro atoms. The van der Waals surface area contributed by atoms with E-state index in [-0.39, 0.29) is 5.88 Å². The van der Waals surface area contributed by atoms with Crippen molar-refractivity contribution in [2.45, 2.75) is 19.0 Å². The molecule has 0 radical (unpaired) electrons. The minimum atomic E-state index is -4.25. The van der Waals surface area contributed by atoms with Gasteiger partial charge in [-0.25, -0.2) is 0 Å². The van der Waals surface area contributed by atoms with Gasteiger partial charge in [-0.15, -0.1) is 11.6 Å². The maximum atomic E-state index is 11.4. The fourth-order valence-corrected chi connectivity index (χ4v) is 0.482. The summed E-state index contributed by atoms with van der Waals surface area (Å²) in [4.78, 5) is 10.2. The Kier molecular flexibility index (Phi) is 3.71. The molecule has 0 amide bonds. The van der Waals surface area contributed by atoms with Crippen molar-refractivity contribution in [2.75, 3.05) is 5.88 Å². The predicted octanol–water partition coefficient (Wildman–Crippen LogP) is 2.14. The maximum Gasteiger partial charge on any atom is 0.389 e. The number of hydrogen-bond acceptors (Lipinski definition) is 1. The van der Waals surface area contributed by atoms with Crippen molar-refractivity contribution in [3.63, 3.8) is 0 Å². The molecule has 0 aliphatic rings. The second-order valence-corrected chi connectivity index (χ2v) is 2.05. The van der Waals surface area contributed by atoms with E-state index in [0.29, 0.717) is 0 Å². The first-order valence-electron chi connectivity index (χ1n) is 2.60. The number of Topliss-reactive ketones (excluding diaryl/α,β-unsaturated/α-hetero) is 1. The molecule has 0 aromatic rings. The number of hydrogen-bond donors (Lipinski definition) is 0. The van der Waals surface area contributed by atoms with Gasteiger partial charge in [0.25, 0.3) is 0 Å². The van der Waals surface area contributed by atoms with E-state index in [2.05, 4.69) is 0 Å². The van der Waals surface area contributed by atoms with E-state index in [1.165, 1.54) is 0 Å². The van der Waals surface area contributed by atoms with Gasteiger partial charge in [0, 0.05) is 6.42 Å². The summed E-state index contributed by atoms with van der Waals surface area (Å²) >= 11 is 4.96. The van der Waals surface area contributed by atoms with Gasteiger partial charge in [-0.1, -0.05) is 0 Å². The van der Waals surface area contributed by atoms with E-state index in [4.69, 9.17) is 11.6 Å². The number of halogens is 4. The van der Waals surface area contributed by atoms with Gasteiger partial charge in [0.2, 0.25) is 0 Å². The topological polar surface area (TPSA) is 17.1 Å². The van der Waals surface area contributed by atoms with Gasteiger partial charge in [0.1, 0.15) is 5.78 Å². The molecule has 0 aromatic heterocycles. The van der Waals surface area contributed by atoms with Crippen LogP contribution in [-0.2, 0) is 4.79 Å². The minimum Gasteiger partial charge on any atom is -0.298 e. The molecule has 0 fully saturated rings. The summed E-state index contributed by atoms with van der Waals surface area (Å²) in [6.45, 7) is 0. The SMILES string of the molecule is O=C(CCl)CCC(F)(F)F. The Morgan fingerprint density at radius 3 is 2.20 bits per heavy atom. The van der Waals surface area contributed by atoms with Gasteiger partial charge >= 0.3 is 6.18 Å². The van der Waals surface area contributed by atoms with Crippen molar-refractivity contribution >= 4 is 17.4 Å². The fourth-order valence-electron chi connectivity index (χ4n) is 0.348. The summed E-state index contributed by atoms with van der Waals surface area (Å²) in [5.74, 6) is -0.908. The second kappa shape index (κ2) is 3.81. The monoisotopic (exact) mass is 174 g/mol. The molecule has 0 heterocycles. The van der Waals surface area contributed by atoms with Gasteiger partial charge < -0.3 is 0 Å². The van der Waals surface area contributed by atoms with E-state index in [9.17, 15) is 18.0 Å². The molecule has 0 rings (SSSR count). The van der Waals surface area contributed by atoms with Crippen LogP contribution in [0, 0.1) is 0 Å². The predicted molar refractivity (Wildman–Crippen MR) is 31.0 cm³/mol. The van der Waals surface area contributed by atoms with Crippen LogP contribution in [0.1, 0.15) is 12.8 Å². The quantitative estimate of drug-likeness (QED) is 0.599. The molecule has 0 N–H and O–H groups in total. The Morgan fingerprint density at radius 1 is 1.40 bits per heavy atom. The van der Waals surface area contributed by atoms with Crippen LogP contribution in [0.4, 0.5) is 13.2 Å². The third-order valence-electron chi connectivity index (χ3n) is 0.836. The third-order valence-corrected chi connectivity index (χ3v) is 1.13. The molecule has 0 saturated heterocycles. The molecule has 0 aliphatic heterocycles. The lowest BCUT2D eigenvalue weighted by Gasteiger charge is -2.02. The van der Waals surface area contributed by atoms with Crippen LogP contribution in [0.15, 0.2) is 0 Å². The highest BCUT2D eigenvalue weighted by atomic mass is 35.5. The lowest BCUT2D eigenvalue weighted by atomic mass is 10.2. The van der Waals surface area contributed by atoms with Crippen LogP contribution in [0.5, 0.6) is 0 Å². The standard InChI is InChI=1S/C5H6ClF3O/c6-3-4(10)1-2-5(7,8)9/h1-3H2. The second-order valence-electron chi connectivity index (χ2n) is 1.79. The molecule has 1 nitrogen and oxygen atoms in total. The van der Waals surface area contributed by atoms with Crippen LogP contribution in [-0.4, -0.2) is 17.8 Å². The highest BCUT2D eigenvalue weighted by molar-refractivity contribution is 6.27. The molecule has 0 aromatic carbocycles. The van der Waals surface area contributed by atoms with Crippen LogP contribution in [0.3, 0.4) is 0 Å². The lowest BCUT2D eigenvalue weighted by Crippen LogP contribution is -2.11. The third kappa shape index (κ3) is 5.88. The Bertz CT molecular complexity index is 121. The van der Waals surface area contributed by atoms with Crippen LogP contribution in [0.25, 0.3) is 0 Å². The fraction of sp³-hybridized carbons (Fsp3) is 0.800. The lowest BCUT2D eigenvalue weighted by molar-refractivity contribution is -0.142. The normalized spacial score (nSPS) is 11.6. The average Bonchev–Trinajstić information content (AvgIpc) is 1.81. The first-order valence-corrected chi connectivity index (χ1v) is 3.13. The summed E-state index contributed by atoms with van der Waals surface area (Å²) in [6.07, 6.45) is -5.83. The summed E-state index contributed by atoms with van der Waals surface area (Å²) in [6, 6.07) is 0. The minimum absolute atomic E-state index is 0.337. The Labute approximate surface area is 61.2 Å². The number of carbonyl (C=O) groups excluding carboxylic acids is 1. The summed E-state index contributed by atoms with van der Waals surface area (Å²) in [5, 5.41) is 0. The summed E-state index contributed by atoms with van der Waals surface area (Å²) in [5.41, 5.74) is 0. The summed E-state index contributed by atoms with van der Waals surface area (Å²) in [7, 11) is 0. The van der Waals surface area contributed by atoms with E-state index >= 15 is 0 Å². The molecule has 0 saturated carbocycles. The van der Waals surface area contributed by atoms with Gasteiger partial charge in [0.05, 0.1) is 12.3 Å². The Morgan fingerprint density at radius 2 is 1.90 bits per heavy atom. The first-order chi connectivity index (χ1) is 4.45. The molecule has 5 heteroatoms. The van der Waals surface area contributed by atoms with E-state index in [0.717, 1.165) is 0 Å². The number of ketones is 1. The van der Waals surface area contributed by atoms with Crippen molar-refractivity contribution in [1.29, 1.82) is 0 Å². The largest absolute Gasteiger partial charge is 0.389 e. The average molecular weight is 175 g/mol. The summed E-state index contributed by atoms with van der Waals surface area (Å²) < 4.78 is 34.1. The molecule has 0 aliphatic carbocycles. The molecule has 10 heavy (non-hydrogen) atoms. The van der Waals surface area contributed by atoms with E-state index in [1.807, 2.05) is 0 Å². The first kappa shape index (κ1) is 9.75. The Hall–Kier alpha value is -0.250. The molecular formula is C5H6ClF3O. The molecule has 0 atom stereocenters. The molecule has 0 bridgehead atoms. The van der Waals surface area contributed by atoms with Crippen LogP contribution >= 0.6 is 11.6 Å². The molecule has 0 unspecified atom stereocenters. The van der Waals surface area contributed by atoms with Crippen molar-refractivity contribution in [1.82, 2.24) is 0 Å². The van der Waals surface area contributed by atoms with Gasteiger partial charge in [-0.05, 0) is 0 Å². The van der Waals surface area contributed by atoms with Crippen molar-refractivity contribution in [3.8, 4) is 0 Å². The van der Waals surface area contributed by atoms with E-state index < -0.39 is 24.8 Å². The van der Waals surface area contributed by atoms with Gasteiger partial charge in [-0.2, -0.15) is 13.2 Å². The zero-order valence-corrected chi connectivity index (χ0v) is 5.80. The zero-order valence-electron chi connectivity index (χ0n) is 5.04. The molecular weight excluding hydrogens is 169 g/mol. The van der Waals surface area contributed by atoms with Crippen molar-refractivity contribution in [3.05, 3.63) is 0 Å². The smallest absolute Gasteiger partial charge is 0.298 e. The molecule has 60 valence electrons. The zero-order chi connectivity index (χ0) is 8.20. The highest BCUT2D eigenvalue weighted by Crippen LogP contribution is 2.21. The number of alkyl halides is 4. The van der Waals surface area contributed by atoms with Gasteiger partial charge in [-0.3, -0.25) is 4.79 Å². The van der Waals surface area contributed by atoms with Crippen LogP contribution in [0.2, 0.25) is 0 Å². The van der Waals surface area contributed by atoms with Gasteiger partial charge in [0.15, 0.2) is 0 Å². The highest BCUT2D eigenvalue weighted by Gasteiger charge is 2.27. The Balaban J connectivity index is 3.46. The van der Waals surface area contributed by atoms with Crippen molar-refractivity contribution < 1.29 is 18.0 Å². The van der Waals surface area contributed by atoms with E-state index in [1.54, 1.807) is 0 Å². The number of carbonyl (C=O) groups is 1. The number of rotatable bonds is 3. The maximum absolute atomic E-state index is 11.4. The van der Waals surface area contributed by atoms with Crippen LogP contribution < -0.4 is 0 Å². The van der Waals surface area contributed by atoms with Crippen molar-refractivity contribution in [2.24, 2.45) is 0 Å².